The van der Waals surface area contributed by atoms with E-state index in [1.165, 1.54) is 5.56 Å². The number of carbonyl (C=O) groups is 1. The van der Waals surface area contributed by atoms with Gasteiger partial charge in [0, 0.05) is 18.8 Å². The standard InChI is InChI=1S/C12H16N2O2/c1-2-16-12(15)14-6-5-9-3-4-11(13)7-10(9)8-14/h3-4,7H,2,5-6,8,13H2,1H3. The Labute approximate surface area is 95.0 Å². The molecular weight excluding hydrogens is 204 g/mol. The van der Waals surface area contributed by atoms with Gasteiger partial charge in [0.2, 0.25) is 0 Å². The molecule has 1 aliphatic rings. The van der Waals surface area contributed by atoms with Gasteiger partial charge in [-0.1, -0.05) is 6.07 Å². The number of fused-ring (bicyclic) bond motifs is 1. The van der Waals surface area contributed by atoms with Crippen molar-refractivity contribution in [3.63, 3.8) is 0 Å². The first-order valence-electron chi connectivity index (χ1n) is 5.49. The maximum Gasteiger partial charge on any atom is 0.410 e. The number of carbonyl (C=O) groups excluding carboxylic acids is 1. The highest BCUT2D eigenvalue weighted by molar-refractivity contribution is 5.68. The van der Waals surface area contributed by atoms with E-state index < -0.39 is 0 Å². The number of anilines is 1. The molecule has 0 fully saturated rings. The molecule has 0 saturated heterocycles. The maximum atomic E-state index is 11.6. The van der Waals surface area contributed by atoms with E-state index in [0.29, 0.717) is 13.2 Å². The Morgan fingerprint density at radius 3 is 3.06 bits per heavy atom. The second kappa shape index (κ2) is 4.43. The van der Waals surface area contributed by atoms with Gasteiger partial charge in [-0.05, 0) is 36.6 Å². The number of hydrogen-bond acceptors (Lipinski definition) is 3. The minimum absolute atomic E-state index is 0.240. The van der Waals surface area contributed by atoms with Gasteiger partial charge in [-0.2, -0.15) is 0 Å². The van der Waals surface area contributed by atoms with Crippen molar-refractivity contribution >= 4 is 11.8 Å². The Bertz CT molecular complexity index is 404. The number of ether oxygens (including phenoxy) is 1. The van der Waals surface area contributed by atoms with Crippen molar-refractivity contribution in [2.24, 2.45) is 0 Å². The summed E-state index contributed by atoms with van der Waals surface area (Å²) in [6.07, 6.45) is 0.629. The molecule has 4 heteroatoms. The predicted octanol–water partition coefficient (Wildman–Crippen LogP) is 1.78. The molecule has 0 unspecified atom stereocenters. The van der Waals surface area contributed by atoms with Crippen molar-refractivity contribution in [2.45, 2.75) is 19.9 Å². The Balaban J connectivity index is 2.13. The van der Waals surface area contributed by atoms with Crippen molar-refractivity contribution in [2.75, 3.05) is 18.9 Å². The van der Waals surface area contributed by atoms with Crippen LogP contribution in [0.25, 0.3) is 0 Å². The normalized spacial score (nSPS) is 14.4. The molecule has 16 heavy (non-hydrogen) atoms. The summed E-state index contributed by atoms with van der Waals surface area (Å²) in [6, 6.07) is 5.87. The number of nitrogens with zero attached hydrogens (tertiary/aromatic N) is 1. The van der Waals surface area contributed by atoms with Crippen LogP contribution in [0.15, 0.2) is 18.2 Å². The van der Waals surface area contributed by atoms with E-state index in [-0.39, 0.29) is 6.09 Å². The van der Waals surface area contributed by atoms with Crippen molar-refractivity contribution < 1.29 is 9.53 Å². The summed E-state index contributed by atoms with van der Waals surface area (Å²) in [5.41, 5.74) is 8.86. The fourth-order valence-electron chi connectivity index (χ4n) is 1.95. The van der Waals surface area contributed by atoms with Crippen LogP contribution in [-0.2, 0) is 17.7 Å². The first kappa shape index (κ1) is 10.8. The molecule has 0 aliphatic carbocycles. The SMILES string of the molecule is CCOC(=O)N1CCc2ccc(N)cc2C1. The number of nitrogens with two attached hydrogens (primary N) is 1. The molecular formula is C12H16N2O2. The van der Waals surface area contributed by atoms with Crippen LogP contribution in [0.4, 0.5) is 10.5 Å². The fourth-order valence-corrected chi connectivity index (χ4v) is 1.95. The van der Waals surface area contributed by atoms with E-state index in [2.05, 4.69) is 0 Å². The van der Waals surface area contributed by atoms with Gasteiger partial charge in [0.05, 0.1) is 6.61 Å². The van der Waals surface area contributed by atoms with Crippen LogP contribution in [0.3, 0.4) is 0 Å². The van der Waals surface area contributed by atoms with Gasteiger partial charge in [0.25, 0.3) is 0 Å². The van der Waals surface area contributed by atoms with Gasteiger partial charge in [-0.15, -0.1) is 0 Å². The van der Waals surface area contributed by atoms with E-state index in [0.717, 1.165) is 24.2 Å². The van der Waals surface area contributed by atoms with Gasteiger partial charge in [-0.3, -0.25) is 0 Å². The fraction of sp³-hybridized carbons (Fsp3) is 0.417. The number of benzene rings is 1. The minimum Gasteiger partial charge on any atom is -0.450 e. The zero-order valence-corrected chi connectivity index (χ0v) is 9.40. The molecule has 0 atom stereocenters. The third-order valence-corrected chi connectivity index (χ3v) is 2.77. The van der Waals surface area contributed by atoms with Crippen molar-refractivity contribution in [1.82, 2.24) is 4.90 Å². The molecule has 1 aromatic rings. The average Bonchev–Trinajstić information content (AvgIpc) is 2.28. The summed E-state index contributed by atoms with van der Waals surface area (Å²) in [6.45, 7) is 3.54. The van der Waals surface area contributed by atoms with E-state index in [1.54, 1.807) is 4.90 Å². The molecule has 0 saturated carbocycles. The molecule has 86 valence electrons. The zero-order chi connectivity index (χ0) is 11.5. The van der Waals surface area contributed by atoms with Gasteiger partial charge in [0.1, 0.15) is 0 Å². The summed E-state index contributed by atoms with van der Waals surface area (Å²) in [4.78, 5) is 13.3. The quantitative estimate of drug-likeness (QED) is 0.734. The monoisotopic (exact) mass is 220 g/mol. The number of amides is 1. The Kier molecular flexibility index (Phi) is 2.99. The summed E-state index contributed by atoms with van der Waals surface area (Å²) in [5, 5.41) is 0. The molecule has 1 aliphatic heterocycles. The minimum atomic E-state index is -0.240. The van der Waals surface area contributed by atoms with Gasteiger partial charge in [-0.25, -0.2) is 4.79 Å². The maximum absolute atomic E-state index is 11.6. The average molecular weight is 220 g/mol. The van der Waals surface area contributed by atoms with Crippen molar-refractivity contribution in [3.8, 4) is 0 Å². The van der Waals surface area contributed by atoms with Crippen molar-refractivity contribution in [1.29, 1.82) is 0 Å². The molecule has 0 bridgehead atoms. The van der Waals surface area contributed by atoms with Gasteiger partial charge >= 0.3 is 6.09 Å². The molecule has 4 nitrogen and oxygen atoms in total. The molecule has 0 spiro atoms. The van der Waals surface area contributed by atoms with Crippen LogP contribution in [0.5, 0.6) is 0 Å². The summed E-state index contributed by atoms with van der Waals surface area (Å²) in [5.74, 6) is 0. The second-order valence-electron chi connectivity index (χ2n) is 3.90. The predicted molar refractivity (Wildman–Crippen MR) is 62.0 cm³/mol. The lowest BCUT2D eigenvalue weighted by atomic mass is 9.99. The van der Waals surface area contributed by atoms with Gasteiger partial charge < -0.3 is 15.4 Å². The van der Waals surface area contributed by atoms with E-state index in [9.17, 15) is 4.79 Å². The number of rotatable bonds is 1. The highest BCUT2D eigenvalue weighted by Crippen LogP contribution is 2.21. The largest absolute Gasteiger partial charge is 0.450 e. The first-order chi connectivity index (χ1) is 7.70. The molecule has 1 amide bonds. The molecule has 2 rings (SSSR count). The van der Waals surface area contributed by atoms with E-state index >= 15 is 0 Å². The van der Waals surface area contributed by atoms with Gasteiger partial charge in [0.15, 0.2) is 0 Å². The lowest BCUT2D eigenvalue weighted by Gasteiger charge is -2.28. The Hall–Kier alpha value is -1.71. The van der Waals surface area contributed by atoms with Crippen LogP contribution in [-0.4, -0.2) is 24.1 Å². The third kappa shape index (κ3) is 2.10. The molecule has 0 radical (unpaired) electrons. The summed E-state index contributed by atoms with van der Waals surface area (Å²) >= 11 is 0. The Morgan fingerprint density at radius 1 is 1.50 bits per heavy atom. The van der Waals surface area contributed by atoms with Crippen LogP contribution in [0.1, 0.15) is 18.1 Å². The smallest absolute Gasteiger partial charge is 0.410 e. The highest BCUT2D eigenvalue weighted by Gasteiger charge is 2.21. The van der Waals surface area contributed by atoms with Crippen LogP contribution >= 0.6 is 0 Å². The lowest BCUT2D eigenvalue weighted by Crippen LogP contribution is -2.36. The topological polar surface area (TPSA) is 55.6 Å². The zero-order valence-electron chi connectivity index (χ0n) is 9.40. The van der Waals surface area contributed by atoms with Crippen molar-refractivity contribution in [3.05, 3.63) is 29.3 Å². The Morgan fingerprint density at radius 2 is 2.31 bits per heavy atom. The number of nitrogen functional groups attached to an aromatic ring is 1. The summed E-state index contributed by atoms with van der Waals surface area (Å²) < 4.78 is 4.98. The second-order valence-corrected chi connectivity index (χ2v) is 3.90. The van der Waals surface area contributed by atoms with E-state index in [1.807, 2.05) is 25.1 Å². The first-order valence-corrected chi connectivity index (χ1v) is 5.49. The van der Waals surface area contributed by atoms with Crippen LogP contribution in [0, 0.1) is 0 Å². The van der Waals surface area contributed by atoms with Crippen LogP contribution < -0.4 is 5.73 Å². The lowest BCUT2D eigenvalue weighted by molar-refractivity contribution is 0.102. The third-order valence-electron chi connectivity index (χ3n) is 2.77. The van der Waals surface area contributed by atoms with Crippen LogP contribution in [0.2, 0.25) is 0 Å². The molecule has 0 aromatic heterocycles. The molecule has 1 aromatic carbocycles. The number of hydrogen-bond donors (Lipinski definition) is 1. The summed E-state index contributed by atoms with van der Waals surface area (Å²) in [7, 11) is 0. The van der Waals surface area contributed by atoms with E-state index in [4.69, 9.17) is 10.5 Å². The highest BCUT2D eigenvalue weighted by atomic mass is 16.6. The molecule has 1 heterocycles. The molecule has 2 N–H and O–H groups in total.